The molecular weight excluding hydrogens is 353 g/mol. The molecular formula is C16H11BrFNOS. The van der Waals surface area contributed by atoms with Gasteiger partial charge in [0.05, 0.1) is 5.56 Å². The summed E-state index contributed by atoms with van der Waals surface area (Å²) in [4.78, 5) is 12.1. The van der Waals surface area contributed by atoms with Crippen LogP contribution in [0.4, 0.5) is 4.39 Å². The molecule has 0 saturated carbocycles. The van der Waals surface area contributed by atoms with E-state index in [0.717, 1.165) is 10.9 Å². The molecule has 0 aliphatic heterocycles. The van der Waals surface area contributed by atoms with Crippen molar-refractivity contribution in [2.75, 3.05) is 0 Å². The van der Waals surface area contributed by atoms with Gasteiger partial charge in [-0.2, -0.15) is 0 Å². The molecule has 0 spiro atoms. The van der Waals surface area contributed by atoms with Gasteiger partial charge in [-0.05, 0) is 40.6 Å². The lowest BCUT2D eigenvalue weighted by Crippen LogP contribution is -2.23. The smallest absolute Gasteiger partial charge is 0.254 e. The molecule has 3 aromatic rings. The molecule has 0 atom stereocenters. The van der Waals surface area contributed by atoms with E-state index in [1.165, 1.54) is 16.8 Å². The van der Waals surface area contributed by atoms with Gasteiger partial charge in [-0.3, -0.25) is 4.79 Å². The van der Waals surface area contributed by atoms with Gasteiger partial charge in [-0.15, -0.1) is 11.3 Å². The maximum Gasteiger partial charge on any atom is 0.254 e. The predicted molar refractivity (Wildman–Crippen MR) is 87.1 cm³/mol. The highest BCUT2D eigenvalue weighted by Crippen LogP contribution is 2.25. The van der Waals surface area contributed by atoms with Crippen LogP contribution in [-0.4, -0.2) is 5.91 Å². The summed E-state index contributed by atoms with van der Waals surface area (Å²) in [5, 5.41) is 5.91. The van der Waals surface area contributed by atoms with Gasteiger partial charge in [0.25, 0.3) is 5.91 Å². The lowest BCUT2D eigenvalue weighted by Gasteiger charge is -2.06. The molecule has 2 aromatic carbocycles. The second kappa shape index (κ2) is 5.95. The minimum atomic E-state index is -0.522. The van der Waals surface area contributed by atoms with Crippen molar-refractivity contribution in [3.63, 3.8) is 0 Å². The standard InChI is InChI=1S/C16H11BrFNOS/c17-11-5-6-14(18)13(7-11)16(20)19-8-10-9-21-15-4-2-1-3-12(10)15/h1-7,9H,8H2,(H,19,20). The molecule has 1 N–H and O–H groups in total. The van der Waals surface area contributed by atoms with E-state index in [1.54, 1.807) is 17.4 Å². The van der Waals surface area contributed by atoms with Crippen LogP contribution in [0.5, 0.6) is 0 Å². The molecule has 0 aliphatic rings. The minimum absolute atomic E-state index is 0.0453. The second-order valence-corrected chi connectivity index (χ2v) is 6.39. The van der Waals surface area contributed by atoms with Gasteiger partial charge in [0.1, 0.15) is 5.82 Å². The van der Waals surface area contributed by atoms with Crippen molar-refractivity contribution in [3.8, 4) is 0 Å². The second-order valence-electron chi connectivity index (χ2n) is 4.56. The number of fused-ring (bicyclic) bond motifs is 1. The number of benzene rings is 2. The first kappa shape index (κ1) is 14.2. The predicted octanol–water partition coefficient (Wildman–Crippen LogP) is 4.73. The summed E-state index contributed by atoms with van der Waals surface area (Å²) in [7, 11) is 0. The molecule has 0 radical (unpaired) electrons. The third-order valence-corrected chi connectivity index (χ3v) is 4.68. The summed E-state index contributed by atoms with van der Waals surface area (Å²) in [5.74, 6) is -0.935. The lowest BCUT2D eigenvalue weighted by molar-refractivity contribution is 0.0947. The Morgan fingerprint density at radius 1 is 1.24 bits per heavy atom. The van der Waals surface area contributed by atoms with Crippen LogP contribution in [0.1, 0.15) is 15.9 Å². The van der Waals surface area contributed by atoms with Crippen molar-refractivity contribution in [1.82, 2.24) is 5.32 Å². The monoisotopic (exact) mass is 363 g/mol. The van der Waals surface area contributed by atoms with Crippen molar-refractivity contribution in [2.24, 2.45) is 0 Å². The van der Waals surface area contributed by atoms with Crippen LogP contribution in [0, 0.1) is 5.82 Å². The quantitative estimate of drug-likeness (QED) is 0.715. The maximum atomic E-state index is 13.7. The third kappa shape index (κ3) is 2.99. The van der Waals surface area contributed by atoms with Crippen LogP contribution in [0.15, 0.2) is 52.3 Å². The molecule has 1 amide bonds. The molecule has 0 unspecified atom stereocenters. The van der Waals surface area contributed by atoms with Gasteiger partial charge in [0.15, 0.2) is 0 Å². The van der Waals surface area contributed by atoms with E-state index in [9.17, 15) is 9.18 Å². The zero-order chi connectivity index (χ0) is 14.8. The Balaban J connectivity index is 1.78. The van der Waals surface area contributed by atoms with Gasteiger partial charge in [-0.25, -0.2) is 4.39 Å². The molecule has 1 heterocycles. The van der Waals surface area contributed by atoms with E-state index < -0.39 is 11.7 Å². The Hall–Kier alpha value is -1.72. The highest BCUT2D eigenvalue weighted by Gasteiger charge is 2.12. The van der Waals surface area contributed by atoms with E-state index >= 15 is 0 Å². The molecule has 106 valence electrons. The fourth-order valence-corrected chi connectivity index (χ4v) is 3.44. The first-order valence-electron chi connectivity index (χ1n) is 6.33. The van der Waals surface area contributed by atoms with Crippen LogP contribution in [0.3, 0.4) is 0 Å². The number of hydrogen-bond donors (Lipinski definition) is 1. The van der Waals surface area contributed by atoms with Crippen molar-refractivity contribution in [2.45, 2.75) is 6.54 Å². The molecule has 5 heteroatoms. The molecule has 0 aliphatic carbocycles. The fraction of sp³-hybridized carbons (Fsp3) is 0.0625. The molecule has 0 bridgehead atoms. The maximum absolute atomic E-state index is 13.7. The number of nitrogens with one attached hydrogen (secondary N) is 1. The Kier molecular flexibility index (Phi) is 4.03. The van der Waals surface area contributed by atoms with Crippen molar-refractivity contribution in [1.29, 1.82) is 0 Å². The molecule has 21 heavy (non-hydrogen) atoms. The van der Waals surface area contributed by atoms with Crippen molar-refractivity contribution in [3.05, 3.63) is 69.3 Å². The summed E-state index contributed by atoms with van der Waals surface area (Å²) in [6, 6.07) is 12.3. The van der Waals surface area contributed by atoms with E-state index in [-0.39, 0.29) is 5.56 Å². The normalized spacial score (nSPS) is 10.8. The number of carbonyl (C=O) groups is 1. The number of halogens is 2. The minimum Gasteiger partial charge on any atom is -0.348 e. The van der Waals surface area contributed by atoms with Crippen molar-refractivity contribution >= 4 is 43.3 Å². The number of carbonyl (C=O) groups excluding carboxylic acids is 1. The fourth-order valence-electron chi connectivity index (χ4n) is 2.11. The van der Waals surface area contributed by atoms with Crippen LogP contribution in [0.25, 0.3) is 10.1 Å². The summed E-state index contributed by atoms with van der Waals surface area (Å²) in [6.07, 6.45) is 0. The SMILES string of the molecule is O=C(NCc1csc2ccccc12)c1cc(Br)ccc1F. The third-order valence-electron chi connectivity index (χ3n) is 3.17. The first-order valence-corrected chi connectivity index (χ1v) is 8.01. The van der Waals surface area contributed by atoms with E-state index in [1.807, 2.05) is 29.6 Å². The largest absolute Gasteiger partial charge is 0.348 e. The van der Waals surface area contributed by atoms with Gasteiger partial charge >= 0.3 is 0 Å². The summed E-state index contributed by atoms with van der Waals surface area (Å²) in [6.45, 7) is 0.384. The lowest BCUT2D eigenvalue weighted by atomic mass is 10.1. The molecule has 2 nitrogen and oxygen atoms in total. The van der Waals surface area contributed by atoms with E-state index in [2.05, 4.69) is 21.2 Å². The summed E-state index contributed by atoms with van der Waals surface area (Å²) < 4.78 is 15.5. The van der Waals surface area contributed by atoms with Gasteiger partial charge in [0.2, 0.25) is 0 Å². The highest BCUT2D eigenvalue weighted by molar-refractivity contribution is 9.10. The molecule has 1 aromatic heterocycles. The Labute approximate surface area is 133 Å². The average Bonchev–Trinajstić information content (AvgIpc) is 2.90. The summed E-state index contributed by atoms with van der Waals surface area (Å²) in [5.41, 5.74) is 1.09. The Bertz CT molecular complexity index is 815. The number of amides is 1. The van der Waals surface area contributed by atoms with Crippen LogP contribution in [0.2, 0.25) is 0 Å². The molecule has 0 fully saturated rings. The zero-order valence-corrected chi connectivity index (χ0v) is 13.3. The topological polar surface area (TPSA) is 29.1 Å². The summed E-state index contributed by atoms with van der Waals surface area (Å²) >= 11 is 4.88. The number of thiophene rings is 1. The molecule has 3 rings (SSSR count). The Morgan fingerprint density at radius 2 is 2.05 bits per heavy atom. The van der Waals surface area contributed by atoms with Crippen LogP contribution < -0.4 is 5.32 Å². The van der Waals surface area contributed by atoms with Crippen LogP contribution >= 0.6 is 27.3 Å². The van der Waals surface area contributed by atoms with E-state index in [0.29, 0.717) is 11.0 Å². The first-order chi connectivity index (χ1) is 10.1. The van der Waals surface area contributed by atoms with Crippen molar-refractivity contribution < 1.29 is 9.18 Å². The van der Waals surface area contributed by atoms with Gasteiger partial charge in [0, 0.05) is 15.7 Å². The van der Waals surface area contributed by atoms with Gasteiger partial charge < -0.3 is 5.32 Å². The number of rotatable bonds is 3. The molecule has 0 saturated heterocycles. The number of hydrogen-bond acceptors (Lipinski definition) is 2. The zero-order valence-electron chi connectivity index (χ0n) is 10.9. The van der Waals surface area contributed by atoms with Crippen LogP contribution in [-0.2, 0) is 6.54 Å². The van der Waals surface area contributed by atoms with E-state index in [4.69, 9.17) is 0 Å². The Morgan fingerprint density at radius 3 is 2.90 bits per heavy atom. The highest BCUT2D eigenvalue weighted by atomic mass is 79.9. The van der Waals surface area contributed by atoms with Gasteiger partial charge in [-0.1, -0.05) is 34.1 Å². The average molecular weight is 364 g/mol.